The second-order valence-electron chi connectivity index (χ2n) is 5.05. The summed E-state index contributed by atoms with van der Waals surface area (Å²) in [6.45, 7) is 0. The van der Waals surface area contributed by atoms with Crippen LogP contribution in [0, 0.1) is 11.6 Å². The molecule has 3 aromatic rings. The highest BCUT2D eigenvalue weighted by Crippen LogP contribution is 2.35. The van der Waals surface area contributed by atoms with Crippen molar-refractivity contribution in [3.8, 4) is 10.6 Å². The number of nitrogens with zero attached hydrogens (tertiary/aromatic N) is 1. The number of carbonyl (C=O) groups excluding carboxylic acids is 2. The van der Waals surface area contributed by atoms with E-state index in [1.807, 2.05) is 0 Å². The van der Waals surface area contributed by atoms with Gasteiger partial charge in [0.15, 0.2) is 0 Å². The van der Waals surface area contributed by atoms with Crippen LogP contribution in [-0.4, -0.2) is 16.6 Å². The fourth-order valence-electron chi connectivity index (χ4n) is 2.50. The lowest BCUT2D eigenvalue weighted by Crippen LogP contribution is -2.19. The summed E-state index contributed by atoms with van der Waals surface area (Å²) >= 11 is 1.08. The van der Waals surface area contributed by atoms with E-state index < -0.39 is 11.6 Å². The van der Waals surface area contributed by atoms with Gasteiger partial charge in [0.25, 0.3) is 0 Å². The van der Waals surface area contributed by atoms with Crippen molar-refractivity contribution in [2.24, 2.45) is 0 Å². The highest BCUT2D eigenvalue weighted by molar-refractivity contribution is 7.17. The van der Waals surface area contributed by atoms with Crippen LogP contribution < -0.4 is 0 Å². The second kappa shape index (κ2) is 4.89. The lowest BCUT2D eigenvalue weighted by molar-refractivity contribution is 0.0979. The lowest BCUT2D eigenvalue weighted by Gasteiger charge is -2.12. The Hall–Kier alpha value is -2.73. The average molecular weight is 327 g/mol. The number of halogens is 2. The van der Waals surface area contributed by atoms with Crippen LogP contribution in [0.3, 0.4) is 0 Å². The number of fused-ring (bicyclic) bond motifs is 2. The molecule has 6 heteroatoms. The Balaban J connectivity index is 1.88. The zero-order valence-corrected chi connectivity index (χ0v) is 12.3. The maximum Gasteiger partial charge on any atom is 0.213 e. The molecule has 23 heavy (non-hydrogen) atoms. The summed E-state index contributed by atoms with van der Waals surface area (Å²) in [6.07, 6.45) is 0. The molecular weight excluding hydrogens is 320 g/mol. The number of thiazole rings is 1. The Morgan fingerprint density at radius 3 is 2.26 bits per heavy atom. The molecule has 1 heterocycles. The van der Waals surface area contributed by atoms with E-state index in [0.717, 1.165) is 23.5 Å². The van der Waals surface area contributed by atoms with E-state index in [4.69, 9.17) is 0 Å². The minimum atomic E-state index is -0.581. The molecule has 0 bridgehead atoms. The topological polar surface area (TPSA) is 47.0 Å². The maximum absolute atomic E-state index is 13.4. The third kappa shape index (κ3) is 2.10. The molecule has 1 aliphatic rings. The minimum Gasteiger partial charge on any atom is -0.288 e. The van der Waals surface area contributed by atoms with Crippen molar-refractivity contribution < 1.29 is 18.4 Å². The Morgan fingerprint density at radius 1 is 0.826 bits per heavy atom. The monoisotopic (exact) mass is 327 g/mol. The van der Waals surface area contributed by atoms with Gasteiger partial charge in [-0.15, -0.1) is 11.3 Å². The van der Waals surface area contributed by atoms with Crippen molar-refractivity contribution in [2.45, 2.75) is 0 Å². The highest BCUT2D eigenvalue weighted by atomic mass is 32.1. The summed E-state index contributed by atoms with van der Waals surface area (Å²) in [5, 5.41) is 0.449. The smallest absolute Gasteiger partial charge is 0.213 e. The number of rotatable bonds is 1. The molecule has 1 aromatic heterocycles. The van der Waals surface area contributed by atoms with E-state index in [-0.39, 0.29) is 33.3 Å². The van der Waals surface area contributed by atoms with Gasteiger partial charge < -0.3 is 0 Å². The third-order valence-corrected chi connectivity index (χ3v) is 4.71. The molecule has 0 fully saturated rings. The van der Waals surface area contributed by atoms with E-state index in [2.05, 4.69) is 4.98 Å². The quantitative estimate of drug-likeness (QED) is 0.533. The molecule has 0 unspecified atom stereocenters. The van der Waals surface area contributed by atoms with E-state index in [9.17, 15) is 18.4 Å². The summed E-state index contributed by atoms with van der Waals surface area (Å²) in [5.74, 6) is -1.79. The second-order valence-corrected chi connectivity index (χ2v) is 6.05. The molecule has 0 saturated carbocycles. The van der Waals surface area contributed by atoms with Crippen molar-refractivity contribution in [1.29, 1.82) is 0 Å². The van der Waals surface area contributed by atoms with Crippen LogP contribution >= 0.6 is 11.3 Å². The fourth-order valence-corrected chi connectivity index (χ4v) is 3.52. The summed E-state index contributed by atoms with van der Waals surface area (Å²) in [6, 6.07) is 9.13. The van der Waals surface area contributed by atoms with E-state index in [0.29, 0.717) is 10.6 Å². The van der Waals surface area contributed by atoms with Crippen LogP contribution in [0.15, 0.2) is 42.5 Å². The van der Waals surface area contributed by atoms with Crippen molar-refractivity contribution in [2.75, 3.05) is 0 Å². The van der Waals surface area contributed by atoms with Crippen LogP contribution in [0.5, 0.6) is 0 Å². The van der Waals surface area contributed by atoms with Crippen molar-refractivity contribution >= 4 is 22.9 Å². The van der Waals surface area contributed by atoms with E-state index >= 15 is 0 Å². The van der Waals surface area contributed by atoms with Crippen LogP contribution in [-0.2, 0) is 0 Å². The van der Waals surface area contributed by atoms with Crippen molar-refractivity contribution in [3.63, 3.8) is 0 Å². The molecule has 2 aromatic carbocycles. The Kier molecular flexibility index (Phi) is 2.96. The first-order chi connectivity index (χ1) is 11.0. The number of benzene rings is 2. The van der Waals surface area contributed by atoms with Crippen LogP contribution in [0.4, 0.5) is 8.78 Å². The van der Waals surface area contributed by atoms with Gasteiger partial charge in [-0.05, 0) is 42.5 Å². The van der Waals surface area contributed by atoms with Gasteiger partial charge in [0.1, 0.15) is 27.2 Å². The first kappa shape index (κ1) is 13.9. The number of ketones is 2. The maximum atomic E-state index is 13.4. The zero-order chi connectivity index (χ0) is 16.1. The van der Waals surface area contributed by atoms with E-state index in [1.165, 1.54) is 30.3 Å². The van der Waals surface area contributed by atoms with Crippen molar-refractivity contribution in [3.05, 3.63) is 75.8 Å². The molecule has 0 spiro atoms. The molecule has 1 aliphatic carbocycles. The average Bonchev–Trinajstić information content (AvgIpc) is 2.99. The summed E-state index contributed by atoms with van der Waals surface area (Å²) in [7, 11) is 0. The van der Waals surface area contributed by atoms with Gasteiger partial charge in [0, 0.05) is 16.7 Å². The molecule has 0 aliphatic heterocycles. The Labute approximate surface area is 133 Å². The predicted octanol–water partition coefficient (Wildman–Crippen LogP) is 3.86. The van der Waals surface area contributed by atoms with Gasteiger partial charge in [-0.25, -0.2) is 13.8 Å². The SMILES string of the molecule is O=C1c2cc(F)ccc2C(=O)c2sc(-c3ccc(F)cc3)nc21. The third-order valence-electron chi connectivity index (χ3n) is 3.61. The van der Waals surface area contributed by atoms with Gasteiger partial charge in [-0.1, -0.05) is 0 Å². The van der Waals surface area contributed by atoms with Gasteiger partial charge >= 0.3 is 0 Å². The molecule has 0 amide bonds. The number of carbonyl (C=O) groups is 2. The summed E-state index contributed by atoms with van der Waals surface area (Å²) in [4.78, 5) is 29.4. The molecule has 112 valence electrons. The zero-order valence-electron chi connectivity index (χ0n) is 11.5. The predicted molar refractivity (Wildman–Crippen MR) is 80.8 cm³/mol. The lowest BCUT2D eigenvalue weighted by atomic mass is 9.91. The minimum absolute atomic E-state index is 0.0254. The van der Waals surface area contributed by atoms with Crippen molar-refractivity contribution in [1.82, 2.24) is 4.98 Å². The normalized spacial score (nSPS) is 13.0. The molecule has 0 N–H and O–H groups in total. The molecule has 0 atom stereocenters. The standard InChI is InChI=1S/C17H7F2NO2S/c18-9-3-1-8(2-4-9)17-20-13-14(21)12-7-10(19)5-6-11(12)15(22)16(13)23-17/h1-7H. The van der Waals surface area contributed by atoms with Crippen LogP contribution in [0.1, 0.15) is 31.3 Å². The van der Waals surface area contributed by atoms with Crippen LogP contribution in [0.2, 0.25) is 0 Å². The number of hydrogen-bond acceptors (Lipinski definition) is 4. The van der Waals surface area contributed by atoms with E-state index in [1.54, 1.807) is 0 Å². The Morgan fingerprint density at radius 2 is 1.52 bits per heavy atom. The molecule has 0 radical (unpaired) electrons. The van der Waals surface area contributed by atoms with Gasteiger partial charge in [0.05, 0.1) is 0 Å². The molecule has 0 saturated heterocycles. The van der Waals surface area contributed by atoms with Gasteiger partial charge in [-0.3, -0.25) is 9.59 Å². The number of aromatic nitrogens is 1. The molecule has 4 rings (SSSR count). The van der Waals surface area contributed by atoms with Crippen LogP contribution in [0.25, 0.3) is 10.6 Å². The first-order valence-corrected chi connectivity index (χ1v) is 7.52. The van der Waals surface area contributed by atoms with Gasteiger partial charge in [-0.2, -0.15) is 0 Å². The summed E-state index contributed by atoms with van der Waals surface area (Å²) < 4.78 is 26.4. The molecule has 3 nitrogen and oxygen atoms in total. The summed E-state index contributed by atoms with van der Waals surface area (Å²) in [5.41, 5.74) is 0.843. The highest BCUT2D eigenvalue weighted by Gasteiger charge is 2.33. The first-order valence-electron chi connectivity index (χ1n) is 6.70. The Bertz CT molecular complexity index is 977. The molecular formula is C17H7F2NO2S. The largest absolute Gasteiger partial charge is 0.288 e. The van der Waals surface area contributed by atoms with Gasteiger partial charge in [0.2, 0.25) is 11.6 Å². The fraction of sp³-hybridized carbons (Fsp3) is 0. The number of hydrogen-bond donors (Lipinski definition) is 0.